The molecule has 4 aromatic rings. The lowest BCUT2D eigenvalue weighted by Crippen LogP contribution is -2.49. The van der Waals surface area contributed by atoms with Gasteiger partial charge in [0.25, 0.3) is 10.0 Å². The van der Waals surface area contributed by atoms with E-state index in [2.05, 4.69) is 5.32 Å². The smallest absolute Gasteiger partial charge is 0.408 e. The minimum atomic E-state index is -4.01. The van der Waals surface area contributed by atoms with Crippen molar-refractivity contribution in [3.63, 3.8) is 0 Å². The van der Waals surface area contributed by atoms with E-state index in [0.29, 0.717) is 11.2 Å². The maximum absolute atomic E-state index is 14.0. The van der Waals surface area contributed by atoms with Crippen LogP contribution < -0.4 is 5.32 Å². The zero-order valence-corrected chi connectivity index (χ0v) is 22.2. The van der Waals surface area contributed by atoms with Crippen LogP contribution in [0, 0.1) is 0 Å². The zero-order valence-electron chi connectivity index (χ0n) is 21.4. The Morgan fingerprint density at radius 2 is 1.58 bits per heavy atom. The van der Waals surface area contributed by atoms with Crippen LogP contribution in [0.1, 0.15) is 44.4 Å². The van der Waals surface area contributed by atoms with Crippen molar-refractivity contribution in [2.24, 2.45) is 0 Å². The van der Waals surface area contributed by atoms with Gasteiger partial charge < -0.3 is 19.5 Å². The maximum atomic E-state index is 14.0. The van der Waals surface area contributed by atoms with Crippen molar-refractivity contribution in [2.45, 2.75) is 49.7 Å². The van der Waals surface area contributed by atoms with Gasteiger partial charge in [-0.15, -0.1) is 0 Å². The van der Waals surface area contributed by atoms with Gasteiger partial charge in [0.1, 0.15) is 11.7 Å². The highest BCUT2D eigenvalue weighted by Gasteiger charge is 2.39. The Balaban J connectivity index is 1.63. The molecule has 1 aliphatic rings. The highest BCUT2D eigenvalue weighted by molar-refractivity contribution is 7.90. The molecule has 198 valence electrons. The van der Waals surface area contributed by atoms with E-state index in [1.807, 2.05) is 42.5 Å². The van der Waals surface area contributed by atoms with E-state index in [1.165, 1.54) is 3.97 Å². The Kier molecular flexibility index (Phi) is 7.00. The summed E-state index contributed by atoms with van der Waals surface area (Å²) in [6, 6.07) is 25.9. The molecule has 1 N–H and O–H groups in total. The highest BCUT2D eigenvalue weighted by atomic mass is 32.2. The summed E-state index contributed by atoms with van der Waals surface area (Å²) in [5.41, 5.74) is 0.949. The molecule has 0 radical (unpaired) electrons. The highest BCUT2D eigenvalue weighted by Crippen LogP contribution is 2.39. The van der Waals surface area contributed by atoms with Crippen LogP contribution >= 0.6 is 0 Å². The quantitative estimate of drug-likeness (QED) is 0.360. The summed E-state index contributed by atoms with van der Waals surface area (Å²) in [7, 11) is -4.01. The summed E-state index contributed by atoms with van der Waals surface area (Å²) in [6.07, 6.45) is -2.28. The van der Waals surface area contributed by atoms with Gasteiger partial charge in [-0.05, 0) is 45.0 Å². The summed E-state index contributed by atoms with van der Waals surface area (Å²) in [5.74, 6) is 0. The summed E-state index contributed by atoms with van der Waals surface area (Å²) in [4.78, 5) is 12.9. The third-order valence-corrected chi connectivity index (χ3v) is 7.86. The number of aromatic nitrogens is 1. The number of para-hydroxylation sites is 1. The van der Waals surface area contributed by atoms with Crippen molar-refractivity contribution in [3.8, 4) is 0 Å². The number of rotatable bonds is 5. The topological polar surface area (TPSA) is 95.9 Å². The van der Waals surface area contributed by atoms with Crippen molar-refractivity contribution in [2.75, 3.05) is 6.61 Å². The third-order valence-electron chi connectivity index (χ3n) is 6.10. The largest absolute Gasteiger partial charge is 0.444 e. The number of carbonyl (C=O) groups excluding carboxylic acids is 1. The Labute approximate surface area is 222 Å². The Hall–Kier alpha value is -3.66. The molecular weight excluding hydrogens is 504 g/mol. The predicted molar refractivity (Wildman–Crippen MR) is 143 cm³/mol. The number of nitrogens with zero attached hydrogens (tertiary/aromatic N) is 1. The lowest BCUT2D eigenvalue weighted by Gasteiger charge is -2.37. The molecule has 38 heavy (non-hydrogen) atoms. The molecule has 1 aliphatic heterocycles. The average molecular weight is 535 g/mol. The molecule has 0 aliphatic carbocycles. The first-order chi connectivity index (χ1) is 18.1. The van der Waals surface area contributed by atoms with Crippen LogP contribution in [0.2, 0.25) is 0 Å². The van der Waals surface area contributed by atoms with Gasteiger partial charge >= 0.3 is 6.09 Å². The van der Waals surface area contributed by atoms with E-state index >= 15 is 0 Å². The summed E-state index contributed by atoms with van der Waals surface area (Å²) >= 11 is 0. The van der Waals surface area contributed by atoms with Gasteiger partial charge in [-0.2, -0.15) is 0 Å². The molecule has 1 amide bonds. The van der Waals surface area contributed by atoms with Gasteiger partial charge in [-0.3, -0.25) is 0 Å². The first-order valence-corrected chi connectivity index (χ1v) is 13.8. The molecule has 0 unspecified atom stereocenters. The Morgan fingerprint density at radius 1 is 0.947 bits per heavy atom. The second-order valence-electron chi connectivity index (χ2n) is 10.1. The van der Waals surface area contributed by atoms with E-state index in [4.69, 9.17) is 14.2 Å². The zero-order chi connectivity index (χ0) is 26.9. The standard InChI is InChI=1S/C29H30N2O6S/c1-29(2,3)37-28(32)30-23-19-35-27(20-12-6-4-7-13-20)36-26(23)25-18-21-14-10-11-17-24(21)31(25)38(33,34)22-15-8-5-9-16-22/h4-18,23,26-27H,19H2,1-3H3,(H,30,32)/t23-,26-,27-/m0/s1. The monoisotopic (exact) mass is 534 g/mol. The van der Waals surface area contributed by atoms with Crippen molar-refractivity contribution in [3.05, 3.63) is 102 Å². The number of benzene rings is 3. The Morgan fingerprint density at radius 3 is 2.26 bits per heavy atom. The molecule has 0 saturated carbocycles. The van der Waals surface area contributed by atoms with Crippen LogP contribution in [0.15, 0.2) is 95.9 Å². The van der Waals surface area contributed by atoms with Gasteiger partial charge in [0.15, 0.2) is 6.29 Å². The average Bonchev–Trinajstić information content (AvgIpc) is 3.29. The van der Waals surface area contributed by atoms with Gasteiger partial charge in [-0.1, -0.05) is 66.7 Å². The molecule has 2 heterocycles. The third kappa shape index (κ3) is 5.31. The number of nitrogens with one attached hydrogen (secondary N) is 1. The second-order valence-corrected chi connectivity index (χ2v) is 11.9. The second kappa shape index (κ2) is 10.2. The van der Waals surface area contributed by atoms with Crippen LogP contribution in [0.5, 0.6) is 0 Å². The fourth-order valence-corrected chi connectivity index (χ4v) is 6.07. The molecule has 8 nitrogen and oxygen atoms in total. The number of ether oxygens (including phenoxy) is 3. The molecule has 3 aromatic carbocycles. The fourth-order valence-electron chi connectivity index (χ4n) is 4.50. The van der Waals surface area contributed by atoms with Gasteiger partial charge in [0.2, 0.25) is 0 Å². The van der Waals surface area contributed by atoms with Crippen molar-refractivity contribution in [1.29, 1.82) is 0 Å². The molecule has 9 heteroatoms. The molecule has 5 rings (SSSR count). The molecule has 1 fully saturated rings. The van der Waals surface area contributed by atoms with Crippen molar-refractivity contribution in [1.82, 2.24) is 9.29 Å². The summed E-state index contributed by atoms with van der Waals surface area (Å²) < 4.78 is 47.2. The van der Waals surface area contributed by atoms with E-state index in [9.17, 15) is 13.2 Å². The van der Waals surface area contributed by atoms with Gasteiger partial charge in [0, 0.05) is 10.9 Å². The lowest BCUT2D eigenvalue weighted by molar-refractivity contribution is -0.232. The van der Waals surface area contributed by atoms with E-state index in [1.54, 1.807) is 69.3 Å². The molecule has 1 saturated heterocycles. The SMILES string of the molecule is CC(C)(C)OC(=O)N[C@H]1CO[C@H](c2ccccc2)O[C@@H]1c1cc2ccccc2n1S(=O)(=O)c1ccccc1. The molecule has 3 atom stereocenters. The number of fused-ring (bicyclic) bond motifs is 1. The normalized spacial score (nSPS) is 20.2. The summed E-state index contributed by atoms with van der Waals surface area (Å²) in [6.45, 7) is 5.39. The molecular formula is C29H30N2O6S. The van der Waals surface area contributed by atoms with E-state index < -0.39 is 40.2 Å². The van der Waals surface area contributed by atoms with E-state index in [0.717, 1.165) is 10.9 Å². The number of hydrogen-bond donors (Lipinski definition) is 1. The number of hydrogen-bond acceptors (Lipinski definition) is 6. The fraction of sp³-hybridized carbons (Fsp3) is 0.276. The predicted octanol–water partition coefficient (Wildman–Crippen LogP) is 5.56. The van der Waals surface area contributed by atoms with Crippen LogP contribution in [0.4, 0.5) is 4.79 Å². The number of amides is 1. The van der Waals surface area contributed by atoms with Gasteiger partial charge in [-0.25, -0.2) is 17.2 Å². The number of carbonyl (C=O) groups is 1. The minimum absolute atomic E-state index is 0.0797. The first kappa shape index (κ1) is 26.0. The number of alkyl carbamates (subject to hydrolysis) is 1. The van der Waals surface area contributed by atoms with Gasteiger partial charge in [0.05, 0.1) is 28.8 Å². The molecule has 1 aromatic heterocycles. The van der Waals surface area contributed by atoms with Crippen molar-refractivity contribution < 1.29 is 27.4 Å². The summed E-state index contributed by atoms with van der Waals surface area (Å²) in [5, 5.41) is 3.57. The first-order valence-electron chi connectivity index (χ1n) is 12.4. The van der Waals surface area contributed by atoms with Crippen LogP contribution in [-0.4, -0.2) is 36.7 Å². The van der Waals surface area contributed by atoms with Crippen LogP contribution in [0.3, 0.4) is 0 Å². The minimum Gasteiger partial charge on any atom is -0.444 e. The molecule has 0 spiro atoms. The molecule has 0 bridgehead atoms. The lowest BCUT2D eigenvalue weighted by atomic mass is 10.1. The van der Waals surface area contributed by atoms with Crippen molar-refractivity contribution >= 4 is 27.0 Å². The Bertz CT molecular complexity index is 1530. The van der Waals surface area contributed by atoms with Crippen LogP contribution in [-0.2, 0) is 24.2 Å². The van der Waals surface area contributed by atoms with Crippen LogP contribution in [0.25, 0.3) is 10.9 Å². The van der Waals surface area contributed by atoms with E-state index in [-0.39, 0.29) is 11.5 Å². The maximum Gasteiger partial charge on any atom is 0.408 e.